The first kappa shape index (κ1) is 13.0. The smallest absolute Gasteiger partial charge is 0.0277 e. The zero-order valence-corrected chi connectivity index (χ0v) is 11.0. The second-order valence-electron chi connectivity index (χ2n) is 5.55. The monoisotopic (exact) mass is 212 g/mol. The second-order valence-corrected chi connectivity index (χ2v) is 5.55. The van der Waals surface area contributed by atoms with Crippen LogP contribution in [0.3, 0.4) is 0 Å². The molecule has 0 bridgehead atoms. The van der Waals surface area contributed by atoms with Crippen molar-refractivity contribution in [3.05, 3.63) is 0 Å². The zero-order chi connectivity index (χ0) is 11.3. The van der Waals surface area contributed by atoms with Crippen molar-refractivity contribution in [2.45, 2.75) is 65.0 Å². The number of piperidine rings is 1. The van der Waals surface area contributed by atoms with Gasteiger partial charge in [0, 0.05) is 18.1 Å². The molecule has 90 valence electrons. The van der Waals surface area contributed by atoms with Crippen LogP contribution in [-0.2, 0) is 0 Å². The lowest BCUT2D eigenvalue weighted by molar-refractivity contribution is 0.0921. The van der Waals surface area contributed by atoms with Crippen LogP contribution in [0.1, 0.15) is 53.4 Å². The number of nitrogens with zero attached hydrogens (tertiary/aromatic N) is 1. The van der Waals surface area contributed by atoms with Crippen LogP contribution in [0.15, 0.2) is 0 Å². The summed E-state index contributed by atoms with van der Waals surface area (Å²) in [5, 5.41) is 3.63. The van der Waals surface area contributed by atoms with Gasteiger partial charge in [0.25, 0.3) is 0 Å². The summed E-state index contributed by atoms with van der Waals surface area (Å²) in [6, 6.07) is 0.647. The highest BCUT2D eigenvalue weighted by Gasteiger charge is 2.27. The Balaban J connectivity index is 2.35. The van der Waals surface area contributed by atoms with Crippen molar-refractivity contribution in [2.75, 3.05) is 19.6 Å². The Bertz CT molecular complexity index is 171. The molecule has 2 nitrogen and oxygen atoms in total. The van der Waals surface area contributed by atoms with Crippen molar-refractivity contribution in [3.63, 3.8) is 0 Å². The highest BCUT2D eigenvalue weighted by Crippen LogP contribution is 2.19. The Kier molecular flexibility index (Phi) is 5.07. The Morgan fingerprint density at radius 3 is 2.33 bits per heavy atom. The van der Waals surface area contributed by atoms with E-state index in [-0.39, 0.29) is 0 Å². The largest absolute Gasteiger partial charge is 0.312 e. The number of likely N-dealkylation sites (tertiary alicyclic amines) is 1. The Labute approximate surface area is 95.4 Å². The van der Waals surface area contributed by atoms with Gasteiger partial charge in [-0.3, -0.25) is 4.90 Å². The third-order valence-electron chi connectivity index (χ3n) is 3.71. The van der Waals surface area contributed by atoms with E-state index in [1.807, 2.05) is 0 Å². The van der Waals surface area contributed by atoms with Crippen molar-refractivity contribution in [1.82, 2.24) is 10.2 Å². The van der Waals surface area contributed by atoms with Crippen LogP contribution in [0, 0.1) is 0 Å². The molecule has 1 atom stereocenters. The Morgan fingerprint density at radius 2 is 1.80 bits per heavy atom. The molecule has 0 amide bonds. The molecule has 0 radical (unpaired) electrons. The summed E-state index contributed by atoms with van der Waals surface area (Å²) in [6.45, 7) is 12.9. The molecule has 0 aliphatic carbocycles. The summed E-state index contributed by atoms with van der Waals surface area (Å²) >= 11 is 0. The quantitative estimate of drug-likeness (QED) is 0.753. The number of rotatable bonds is 5. The normalized spacial score (nSPS) is 21.6. The molecule has 0 aromatic carbocycles. The van der Waals surface area contributed by atoms with Crippen molar-refractivity contribution in [1.29, 1.82) is 0 Å². The van der Waals surface area contributed by atoms with Crippen molar-refractivity contribution >= 4 is 0 Å². The molecule has 1 aliphatic heterocycles. The lowest BCUT2D eigenvalue weighted by atomic mass is 9.98. The van der Waals surface area contributed by atoms with Crippen LogP contribution in [-0.4, -0.2) is 36.1 Å². The van der Waals surface area contributed by atoms with Crippen LogP contribution < -0.4 is 5.32 Å². The average Bonchev–Trinajstić information content (AvgIpc) is 2.27. The van der Waals surface area contributed by atoms with E-state index in [4.69, 9.17) is 0 Å². The Morgan fingerprint density at radius 1 is 1.20 bits per heavy atom. The molecule has 1 saturated heterocycles. The number of hydrogen-bond donors (Lipinski definition) is 1. The van der Waals surface area contributed by atoms with Gasteiger partial charge in [-0.15, -0.1) is 0 Å². The van der Waals surface area contributed by atoms with E-state index >= 15 is 0 Å². The van der Waals surface area contributed by atoms with Crippen LogP contribution in [0.5, 0.6) is 0 Å². The summed E-state index contributed by atoms with van der Waals surface area (Å²) in [5.74, 6) is 0. The minimum Gasteiger partial charge on any atom is -0.312 e. The molecule has 1 rings (SSSR count). The minimum atomic E-state index is 0.323. The molecule has 0 aromatic heterocycles. The first-order chi connectivity index (χ1) is 7.06. The predicted octanol–water partition coefficient (Wildman–Crippen LogP) is 2.64. The summed E-state index contributed by atoms with van der Waals surface area (Å²) < 4.78 is 0. The standard InChI is InChI=1S/C13H28N2/c1-5-12(2)14-11-13(3,4)15-9-7-6-8-10-15/h12,14H,5-11H2,1-4H3. The molecule has 0 saturated carbocycles. The average molecular weight is 212 g/mol. The van der Waals surface area contributed by atoms with Crippen molar-refractivity contribution in [3.8, 4) is 0 Å². The molecule has 1 heterocycles. The topological polar surface area (TPSA) is 15.3 Å². The van der Waals surface area contributed by atoms with E-state index in [9.17, 15) is 0 Å². The maximum absolute atomic E-state index is 3.63. The molecule has 1 fully saturated rings. The van der Waals surface area contributed by atoms with Crippen LogP contribution in [0.4, 0.5) is 0 Å². The van der Waals surface area contributed by atoms with Crippen molar-refractivity contribution < 1.29 is 0 Å². The minimum absolute atomic E-state index is 0.323. The number of nitrogens with one attached hydrogen (secondary N) is 1. The second kappa shape index (κ2) is 5.86. The molecule has 0 spiro atoms. The summed E-state index contributed by atoms with van der Waals surface area (Å²) in [7, 11) is 0. The van der Waals surface area contributed by atoms with Crippen molar-refractivity contribution in [2.24, 2.45) is 0 Å². The third kappa shape index (κ3) is 4.12. The van der Waals surface area contributed by atoms with Gasteiger partial charge in [-0.1, -0.05) is 13.3 Å². The molecule has 1 N–H and O–H groups in total. The third-order valence-corrected chi connectivity index (χ3v) is 3.71. The number of hydrogen-bond acceptors (Lipinski definition) is 2. The van der Waals surface area contributed by atoms with Gasteiger partial charge in [0.2, 0.25) is 0 Å². The molecular weight excluding hydrogens is 184 g/mol. The van der Waals surface area contributed by atoms with Gasteiger partial charge in [0.1, 0.15) is 0 Å². The molecule has 0 aromatic rings. The molecule has 1 unspecified atom stereocenters. The van der Waals surface area contributed by atoms with E-state index in [0.717, 1.165) is 6.54 Å². The van der Waals surface area contributed by atoms with Gasteiger partial charge in [-0.05, 0) is 53.1 Å². The Hall–Kier alpha value is -0.0800. The van der Waals surface area contributed by atoms with Gasteiger partial charge >= 0.3 is 0 Å². The SMILES string of the molecule is CCC(C)NCC(C)(C)N1CCCCC1. The fraction of sp³-hybridized carbons (Fsp3) is 1.00. The lowest BCUT2D eigenvalue weighted by Crippen LogP contribution is -2.53. The first-order valence-corrected chi connectivity index (χ1v) is 6.54. The maximum Gasteiger partial charge on any atom is 0.0277 e. The van der Waals surface area contributed by atoms with E-state index < -0.39 is 0 Å². The summed E-state index contributed by atoms with van der Waals surface area (Å²) in [5.41, 5.74) is 0.323. The van der Waals surface area contributed by atoms with Crippen LogP contribution >= 0.6 is 0 Å². The summed E-state index contributed by atoms with van der Waals surface area (Å²) in [6.07, 6.45) is 5.40. The van der Waals surface area contributed by atoms with E-state index in [1.165, 1.54) is 38.8 Å². The summed E-state index contributed by atoms with van der Waals surface area (Å²) in [4.78, 5) is 2.64. The van der Waals surface area contributed by atoms with Gasteiger partial charge in [-0.25, -0.2) is 0 Å². The van der Waals surface area contributed by atoms with Crippen LogP contribution in [0.25, 0.3) is 0 Å². The van der Waals surface area contributed by atoms with Gasteiger partial charge < -0.3 is 5.32 Å². The lowest BCUT2D eigenvalue weighted by Gasteiger charge is -2.41. The van der Waals surface area contributed by atoms with E-state index in [1.54, 1.807) is 0 Å². The highest BCUT2D eigenvalue weighted by atomic mass is 15.2. The van der Waals surface area contributed by atoms with Gasteiger partial charge in [-0.2, -0.15) is 0 Å². The maximum atomic E-state index is 3.63. The molecule has 1 aliphatic rings. The van der Waals surface area contributed by atoms with Crippen LogP contribution in [0.2, 0.25) is 0 Å². The molecule has 15 heavy (non-hydrogen) atoms. The highest BCUT2D eigenvalue weighted by molar-refractivity contribution is 4.86. The predicted molar refractivity (Wildman–Crippen MR) is 67.3 cm³/mol. The zero-order valence-electron chi connectivity index (χ0n) is 11.0. The molecular formula is C13H28N2. The van der Waals surface area contributed by atoms with Gasteiger partial charge in [0.15, 0.2) is 0 Å². The first-order valence-electron chi connectivity index (χ1n) is 6.54. The van der Waals surface area contributed by atoms with Gasteiger partial charge in [0.05, 0.1) is 0 Å². The fourth-order valence-corrected chi connectivity index (χ4v) is 2.18. The fourth-order valence-electron chi connectivity index (χ4n) is 2.18. The van der Waals surface area contributed by atoms with E-state index in [0.29, 0.717) is 11.6 Å². The van der Waals surface area contributed by atoms with E-state index in [2.05, 4.69) is 37.9 Å². The molecule has 2 heteroatoms.